The Balaban J connectivity index is 1.76. The number of amides is 1. The molecule has 2 unspecified atom stereocenters. The highest BCUT2D eigenvalue weighted by atomic mass is 16.2. The molecule has 2 saturated carbocycles. The topological polar surface area (TPSA) is 55.1 Å². The van der Waals surface area contributed by atoms with E-state index in [0.29, 0.717) is 6.54 Å². The molecule has 0 aromatic carbocycles. The molecule has 2 rings (SSSR count). The molecule has 122 valence electrons. The summed E-state index contributed by atoms with van der Waals surface area (Å²) in [6.45, 7) is 3.72. The molecule has 21 heavy (non-hydrogen) atoms. The highest BCUT2D eigenvalue weighted by Gasteiger charge is 2.36. The minimum Gasteiger partial charge on any atom is -0.356 e. The fourth-order valence-electron chi connectivity index (χ4n) is 4.33. The normalized spacial score (nSPS) is 29.6. The molecule has 0 radical (unpaired) electrons. The zero-order valence-electron chi connectivity index (χ0n) is 13.8. The van der Waals surface area contributed by atoms with Gasteiger partial charge in [0.1, 0.15) is 0 Å². The molecule has 3 N–H and O–H groups in total. The van der Waals surface area contributed by atoms with Crippen LogP contribution in [-0.2, 0) is 4.79 Å². The maximum atomic E-state index is 12.6. The van der Waals surface area contributed by atoms with E-state index in [1.165, 1.54) is 38.5 Å². The van der Waals surface area contributed by atoms with E-state index >= 15 is 0 Å². The molecule has 2 aliphatic rings. The monoisotopic (exact) mass is 294 g/mol. The van der Waals surface area contributed by atoms with Gasteiger partial charge in [-0.05, 0) is 37.5 Å². The van der Waals surface area contributed by atoms with Crippen LogP contribution in [0, 0.1) is 17.3 Å². The lowest BCUT2D eigenvalue weighted by Gasteiger charge is -2.31. The Bertz CT molecular complexity index is 321. The first-order chi connectivity index (χ1) is 10.2. The van der Waals surface area contributed by atoms with Gasteiger partial charge in [0, 0.05) is 13.1 Å². The summed E-state index contributed by atoms with van der Waals surface area (Å²) < 4.78 is 0. The van der Waals surface area contributed by atoms with Gasteiger partial charge < -0.3 is 11.1 Å². The van der Waals surface area contributed by atoms with Gasteiger partial charge in [-0.25, -0.2) is 0 Å². The SMILES string of the molecule is CC1CCCC(CCNC(=O)C2(CN)CCCCCC2)C1. The maximum Gasteiger partial charge on any atom is 0.227 e. The zero-order valence-corrected chi connectivity index (χ0v) is 13.8. The van der Waals surface area contributed by atoms with Crippen molar-refractivity contribution in [3.63, 3.8) is 0 Å². The van der Waals surface area contributed by atoms with Crippen molar-refractivity contribution in [1.82, 2.24) is 5.32 Å². The van der Waals surface area contributed by atoms with E-state index in [-0.39, 0.29) is 11.3 Å². The molecule has 1 amide bonds. The van der Waals surface area contributed by atoms with Crippen LogP contribution in [0.15, 0.2) is 0 Å². The molecule has 2 fully saturated rings. The summed E-state index contributed by atoms with van der Waals surface area (Å²) in [6.07, 6.45) is 13.4. The Hall–Kier alpha value is -0.570. The van der Waals surface area contributed by atoms with Crippen LogP contribution in [0.3, 0.4) is 0 Å². The summed E-state index contributed by atoms with van der Waals surface area (Å²) in [6, 6.07) is 0. The number of hydrogen-bond donors (Lipinski definition) is 2. The molecule has 3 heteroatoms. The van der Waals surface area contributed by atoms with Gasteiger partial charge in [0.15, 0.2) is 0 Å². The van der Waals surface area contributed by atoms with Crippen LogP contribution in [0.1, 0.15) is 77.6 Å². The lowest BCUT2D eigenvalue weighted by Crippen LogP contribution is -2.46. The smallest absolute Gasteiger partial charge is 0.227 e. The standard InChI is InChI=1S/C18H34N2O/c1-15-7-6-8-16(13-15)9-12-20-17(21)18(14-19)10-4-2-3-5-11-18/h15-16H,2-14,19H2,1H3,(H,20,21). The summed E-state index contributed by atoms with van der Waals surface area (Å²) in [5, 5.41) is 3.22. The first kappa shape index (κ1) is 16.8. The molecule has 0 saturated heterocycles. The van der Waals surface area contributed by atoms with Crippen LogP contribution in [0.4, 0.5) is 0 Å². The minimum absolute atomic E-state index is 0.232. The number of carbonyl (C=O) groups excluding carboxylic acids is 1. The molecule has 0 aromatic rings. The van der Waals surface area contributed by atoms with Crippen LogP contribution < -0.4 is 11.1 Å². The summed E-state index contributed by atoms with van der Waals surface area (Å²) in [4.78, 5) is 12.6. The number of rotatable bonds is 5. The number of hydrogen-bond acceptors (Lipinski definition) is 2. The lowest BCUT2D eigenvalue weighted by molar-refractivity contribution is -0.131. The molecule has 0 heterocycles. The molecule has 0 aliphatic heterocycles. The molecular weight excluding hydrogens is 260 g/mol. The van der Waals surface area contributed by atoms with E-state index < -0.39 is 0 Å². The Labute approximate surface area is 130 Å². The van der Waals surface area contributed by atoms with Crippen molar-refractivity contribution < 1.29 is 4.79 Å². The Morgan fingerprint density at radius 3 is 2.48 bits per heavy atom. The van der Waals surface area contributed by atoms with Gasteiger partial charge in [-0.1, -0.05) is 51.9 Å². The molecular formula is C18H34N2O. The van der Waals surface area contributed by atoms with Gasteiger partial charge in [0.25, 0.3) is 0 Å². The van der Waals surface area contributed by atoms with Gasteiger partial charge in [-0.2, -0.15) is 0 Å². The predicted molar refractivity (Wildman–Crippen MR) is 87.9 cm³/mol. The van der Waals surface area contributed by atoms with Gasteiger partial charge in [0.2, 0.25) is 5.91 Å². The van der Waals surface area contributed by atoms with Gasteiger partial charge in [0.05, 0.1) is 5.41 Å². The zero-order chi connectivity index (χ0) is 15.1. The largest absolute Gasteiger partial charge is 0.356 e. The highest BCUT2D eigenvalue weighted by molar-refractivity contribution is 5.82. The minimum atomic E-state index is -0.268. The quantitative estimate of drug-likeness (QED) is 0.761. The predicted octanol–water partition coefficient (Wildman–Crippen LogP) is 3.62. The molecule has 0 bridgehead atoms. The van der Waals surface area contributed by atoms with Crippen molar-refractivity contribution in [2.75, 3.05) is 13.1 Å². The average molecular weight is 294 g/mol. The maximum absolute atomic E-state index is 12.6. The Kier molecular flexibility index (Phi) is 6.53. The Morgan fingerprint density at radius 1 is 1.14 bits per heavy atom. The summed E-state index contributed by atoms with van der Waals surface area (Å²) in [5.41, 5.74) is 5.71. The van der Waals surface area contributed by atoms with Crippen molar-refractivity contribution in [3.8, 4) is 0 Å². The molecule has 3 nitrogen and oxygen atoms in total. The second kappa shape index (κ2) is 8.17. The van der Waals surface area contributed by atoms with E-state index in [9.17, 15) is 4.79 Å². The highest BCUT2D eigenvalue weighted by Crippen LogP contribution is 2.34. The third-order valence-corrected chi connectivity index (χ3v) is 5.82. The number of carbonyl (C=O) groups is 1. The van der Waals surface area contributed by atoms with Crippen LogP contribution in [0.25, 0.3) is 0 Å². The summed E-state index contributed by atoms with van der Waals surface area (Å²) >= 11 is 0. The molecule has 0 aromatic heterocycles. The van der Waals surface area contributed by atoms with E-state index in [4.69, 9.17) is 5.73 Å². The third-order valence-electron chi connectivity index (χ3n) is 5.82. The Morgan fingerprint density at radius 2 is 1.86 bits per heavy atom. The fraction of sp³-hybridized carbons (Fsp3) is 0.944. The third kappa shape index (κ3) is 4.70. The van der Waals surface area contributed by atoms with E-state index in [2.05, 4.69) is 12.2 Å². The van der Waals surface area contributed by atoms with Crippen molar-refractivity contribution in [2.24, 2.45) is 23.0 Å². The average Bonchev–Trinajstić information content (AvgIpc) is 2.73. The van der Waals surface area contributed by atoms with Crippen LogP contribution in [0.2, 0.25) is 0 Å². The second-order valence-electron chi connectivity index (χ2n) is 7.58. The van der Waals surface area contributed by atoms with E-state index in [0.717, 1.165) is 50.5 Å². The van der Waals surface area contributed by atoms with Crippen molar-refractivity contribution in [3.05, 3.63) is 0 Å². The first-order valence-electron chi connectivity index (χ1n) is 9.15. The van der Waals surface area contributed by atoms with Gasteiger partial charge in [-0.3, -0.25) is 4.79 Å². The molecule has 2 atom stereocenters. The first-order valence-corrected chi connectivity index (χ1v) is 9.15. The van der Waals surface area contributed by atoms with Gasteiger partial charge >= 0.3 is 0 Å². The van der Waals surface area contributed by atoms with Crippen molar-refractivity contribution >= 4 is 5.91 Å². The number of nitrogens with one attached hydrogen (secondary N) is 1. The summed E-state index contributed by atoms with van der Waals surface area (Å²) in [5.74, 6) is 1.92. The van der Waals surface area contributed by atoms with E-state index in [1.54, 1.807) is 0 Å². The van der Waals surface area contributed by atoms with Crippen molar-refractivity contribution in [2.45, 2.75) is 77.6 Å². The number of nitrogens with two attached hydrogens (primary N) is 1. The fourth-order valence-corrected chi connectivity index (χ4v) is 4.33. The molecule has 0 spiro atoms. The second-order valence-corrected chi connectivity index (χ2v) is 7.58. The van der Waals surface area contributed by atoms with Crippen LogP contribution in [-0.4, -0.2) is 19.0 Å². The lowest BCUT2D eigenvalue weighted by atomic mass is 9.79. The van der Waals surface area contributed by atoms with Gasteiger partial charge in [-0.15, -0.1) is 0 Å². The van der Waals surface area contributed by atoms with Crippen LogP contribution in [0.5, 0.6) is 0 Å². The van der Waals surface area contributed by atoms with Crippen molar-refractivity contribution in [1.29, 1.82) is 0 Å². The molecule has 2 aliphatic carbocycles. The summed E-state index contributed by atoms with van der Waals surface area (Å²) in [7, 11) is 0. The van der Waals surface area contributed by atoms with Crippen LogP contribution >= 0.6 is 0 Å². The van der Waals surface area contributed by atoms with E-state index in [1.807, 2.05) is 0 Å².